The van der Waals surface area contributed by atoms with Crippen LogP contribution in [-0.4, -0.2) is 16.1 Å². The van der Waals surface area contributed by atoms with Gasteiger partial charge in [0.2, 0.25) is 0 Å². The largest absolute Gasteiger partial charge is 0.481 e. The van der Waals surface area contributed by atoms with Gasteiger partial charge < -0.3 is 5.11 Å². The number of hydrogen-bond acceptors (Lipinski definition) is 2. The van der Waals surface area contributed by atoms with E-state index in [9.17, 15) is 4.79 Å². The van der Waals surface area contributed by atoms with E-state index in [4.69, 9.17) is 5.11 Å². The molecule has 1 aromatic carbocycles. The minimum atomic E-state index is -0.771. The minimum absolute atomic E-state index is 0.147. The number of carbonyl (C=O) groups is 1. The van der Waals surface area contributed by atoms with Gasteiger partial charge in [-0.3, -0.25) is 9.78 Å². The number of rotatable bonds is 3. The van der Waals surface area contributed by atoms with Crippen LogP contribution in [0.1, 0.15) is 23.1 Å². The zero-order chi connectivity index (χ0) is 12.4. The van der Waals surface area contributed by atoms with Gasteiger partial charge >= 0.3 is 5.97 Å². The van der Waals surface area contributed by atoms with Gasteiger partial charge in [0.15, 0.2) is 0 Å². The topological polar surface area (TPSA) is 50.2 Å². The van der Waals surface area contributed by atoms with Gasteiger partial charge in [0.1, 0.15) is 0 Å². The number of benzene rings is 1. The molecule has 0 bridgehead atoms. The van der Waals surface area contributed by atoms with Crippen molar-refractivity contribution in [3.63, 3.8) is 0 Å². The molecule has 0 aliphatic rings. The number of aliphatic carboxylic acids is 1. The number of fused-ring (bicyclic) bond motifs is 1. The third-order valence-corrected chi connectivity index (χ3v) is 2.89. The van der Waals surface area contributed by atoms with E-state index < -0.39 is 5.97 Å². The van der Waals surface area contributed by atoms with Crippen LogP contribution in [0, 0.1) is 13.8 Å². The molecule has 0 aliphatic heterocycles. The molecule has 3 nitrogen and oxygen atoms in total. The number of aryl methyl sites for hydroxylation is 3. The summed E-state index contributed by atoms with van der Waals surface area (Å²) in [5, 5.41) is 9.87. The normalized spacial score (nSPS) is 10.7. The molecule has 0 aliphatic carbocycles. The summed E-state index contributed by atoms with van der Waals surface area (Å²) in [5.74, 6) is -0.771. The third kappa shape index (κ3) is 2.44. The number of carboxylic acids is 1. The first-order valence-electron chi connectivity index (χ1n) is 5.64. The van der Waals surface area contributed by atoms with E-state index in [1.165, 1.54) is 5.56 Å². The molecule has 1 heterocycles. The Morgan fingerprint density at radius 3 is 2.82 bits per heavy atom. The molecule has 88 valence electrons. The third-order valence-electron chi connectivity index (χ3n) is 2.89. The second kappa shape index (κ2) is 4.53. The van der Waals surface area contributed by atoms with Gasteiger partial charge in [-0.2, -0.15) is 0 Å². The van der Waals surface area contributed by atoms with Crippen molar-refractivity contribution in [2.75, 3.05) is 0 Å². The average molecular weight is 229 g/mol. The highest BCUT2D eigenvalue weighted by molar-refractivity contribution is 5.85. The van der Waals surface area contributed by atoms with Crippen LogP contribution in [0.5, 0.6) is 0 Å². The fourth-order valence-corrected chi connectivity index (χ4v) is 2.05. The van der Waals surface area contributed by atoms with Crippen molar-refractivity contribution in [3.8, 4) is 0 Å². The van der Waals surface area contributed by atoms with Crippen LogP contribution < -0.4 is 0 Å². The predicted octanol–water partition coefficient (Wildman–Crippen LogP) is 2.87. The molecule has 0 atom stereocenters. The van der Waals surface area contributed by atoms with Gasteiger partial charge in [-0.05, 0) is 43.5 Å². The minimum Gasteiger partial charge on any atom is -0.481 e. The lowest BCUT2D eigenvalue weighted by molar-refractivity contribution is -0.136. The number of carboxylic acid groups (broad SMARTS) is 1. The van der Waals surface area contributed by atoms with Gasteiger partial charge in [-0.25, -0.2) is 0 Å². The van der Waals surface area contributed by atoms with Crippen LogP contribution >= 0.6 is 0 Å². The Labute approximate surface area is 100 Å². The molecule has 0 unspecified atom stereocenters. The molecule has 0 saturated heterocycles. The molecule has 2 rings (SSSR count). The lowest BCUT2D eigenvalue weighted by atomic mass is 10.00. The van der Waals surface area contributed by atoms with E-state index in [1.54, 1.807) is 6.20 Å². The van der Waals surface area contributed by atoms with Crippen LogP contribution in [0.2, 0.25) is 0 Å². The molecule has 0 radical (unpaired) electrons. The van der Waals surface area contributed by atoms with Gasteiger partial charge in [-0.15, -0.1) is 0 Å². The smallest absolute Gasteiger partial charge is 0.303 e. The first-order chi connectivity index (χ1) is 8.08. The zero-order valence-electron chi connectivity index (χ0n) is 10.0. The molecule has 17 heavy (non-hydrogen) atoms. The highest BCUT2D eigenvalue weighted by Gasteiger charge is 2.07. The van der Waals surface area contributed by atoms with Crippen molar-refractivity contribution >= 4 is 16.9 Å². The number of aromatic nitrogens is 1. The number of hydrogen-bond donors (Lipinski definition) is 1. The Hall–Kier alpha value is -1.90. The van der Waals surface area contributed by atoms with Gasteiger partial charge in [0.05, 0.1) is 5.52 Å². The molecule has 0 saturated carbocycles. The Morgan fingerprint density at radius 2 is 2.12 bits per heavy atom. The molecule has 0 amide bonds. The fraction of sp³-hybridized carbons (Fsp3) is 0.286. The standard InChI is InChI=1S/C14H15NO2/c1-9-7-11(3-4-13(16)17)14-12(8-9)10(2)5-6-15-14/h5-8H,3-4H2,1-2H3,(H,16,17). The van der Waals surface area contributed by atoms with Crippen LogP contribution in [0.25, 0.3) is 10.9 Å². The maximum atomic E-state index is 10.6. The van der Waals surface area contributed by atoms with Crippen molar-refractivity contribution in [1.82, 2.24) is 4.98 Å². The SMILES string of the molecule is Cc1cc(CCC(=O)O)c2nccc(C)c2c1. The first-order valence-corrected chi connectivity index (χ1v) is 5.64. The van der Waals surface area contributed by atoms with Gasteiger partial charge in [0, 0.05) is 18.0 Å². The summed E-state index contributed by atoms with van der Waals surface area (Å²) in [5.41, 5.74) is 4.27. The van der Waals surface area contributed by atoms with Crippen LogP contribution in [-0.2, 0) is 11.2 Å². The van der Waals surface area contributed by atoms with Crippen molar-refractivity contribution in [2.45, 2.75) is 26.7 Å². The summed E-state index contributed by atoms with van der Waals surface area (Å²) in [6.45, 7) is 4.07. The van der Waals surface area contributed by atoms with Crippen molar-refractivity contribution < 1.29 is 9.90 Å². The summed E-state index contributed by atoms with van der Waals surface area (Å²) in [6.07, 6.45) is 2.45. The highest BCUT2D eigenvalue weighted by atomic mass is 16.4. The monoisotopic (exact) mass is 229 g/mol. The summed E-state index contributed by atoms with van der Waals surface area (Å²) < 4.78 is 0. The molecule has 3 heteroatoms. The molecular weight excluding hydrogens is 214 g/mol. The van der Waals surface area contributed by atoms with Crippen molar-refractivity contribution in [1.29, 1.82) is 0 Å². The molecule has 1 aromatic heterocycles. The van der Waals surface area contributed by atoms with E-state index in [0.717, 1.165) is 22.0 Å². The summed E-state index contributed by atoms with van der Waals surface area (Å²) in [7, 11) is 0. The first kappa shape index (κ1) is 11.6. The average Bonchev–Trinajstić information content (AvgIpc) is 2.27. The predicted molar refractivity (Wildman–Crippen MR) is 67.2 cm³/mol. The summed E-state index contributed by atoms with van der Waals surface area (Å²) in [6, 6.07) is 6.10. The van der Waals surface area contributed by atoms with E-state index in [2.05, 4.69) is 11.1 Å². The Kier molecular flexibility index (Phi) is 3.09. The maximum absolute atomic E-state index is 10.6. The van der Waals surface area contributed by atoms with E-state index in [0.29, 0.717) is 6.42 Å². The quantitative estimate of drug-likeness (QED) is 0.880. The van der Waals surface area contributed by atoms with Crippen molar-refractivity contribution in [3.05, 3.63) is 41.1 Å². The second-order valence-electron chi connectivity index (χ2n) is 4.34. The Bertz CT molecular complexity index is 576. The summed E-state index contributed by atoms with van der Waals surface area (Å²) >= 11 is 0. The number of pyridine rings is 1. The van der Waals surface area contributed by atoms with Crippen LogP contribution in [0.4, 0.5) is 0 Å². The van der Waals surface area contributed by atoms with E-state index in [-0.39, 0.29) is 6.42 Å². The molecule has 0 fully saturated rings. The van der Waals surface area contributed by atoms with Gasteiger partial charge in [-0.1, -0.05) is 11.6 Å². The van der Waals surface area contributed by atoms with Crippen LogP contribution in [0.3, 0.4) is 0 Å². The molecule has 0 spiro atoms. The lowest BCUT2D eigenvalue weighted by Gasteiger charge is -2.08. The van der Waals surface area contributed by atoms with Crippen LogP contribution in [0.15, 0.2) is 24.4 Å². The molecular formula is C14H15NO2. The zero-order valence-corrected chi connectivity index (χ0v) is 10.0. The lowest BCUT2D eigenvalue weighted by Crippen LogP contribution is -1.99. The Balaban J connectivity index is 2.54. The van der Waals surface area contributed by atoms with Crippen molar-refractivity contribution in [2.24, 2.45) is 0 Å². The molecule has 2 aromatic rings. The number of nitrogens with zero attached hydrogens (tertiary/aromatic N) is 1. The second-order valence-corrected chi connectivity index (χ2v) is 4.34. The van der Waals surface area contributed by atoms with E-state index >= 15 is 0 Å². The highest BCUT2D eigenvalue weighted by Crippen LogP contribution is 2.22. The van der Waals surface area contributed by atoms with Gasteiger partial charge in [0.25, 0.3) is 0 Å². The fourth-order valence-electron chi connectivity index (χ4n) is 2.05. The Morgan fingerprint density at radius 1 is 1.35 bits per heavy atom. The molecule has 1 N–H and O–H groups in total. The van der Waals surface area contributed by atoms with E-state index in [1.807, 2.05) is 26.0 Å². The summed E-state index contributed by atoms with van der Waals surface area (Å²) in [4.78, 5) is 15.0. The maximum Gasteiger partial charge on any atom is 0.303 e.